The molecule has 2 heterocycles. The third-order valence-electron chi connectivity index (χ3n) is 4.62. The molecule has 132 valence electrons. The minimum Gasteiger partial charge on any atom is -0.336 e. The van der Waals surface area contributed by atoms with Crippen molar-refractivity contribution < 1.29 is 4.79 Å². The number of aromatic nitrogens is 2. The van der Waals surface area contributed by atoms with Crippen LogP contribution in [0, 0.1) is 0 Å². The number of aryl methyl sites for hydroxylation is 1. The molecule has 0 aliphatic carbocycles. The Kier molecular flexibility index (Phi) is 5.60. The van der Waals surface area contributed by atoms with E-state index in [1.54, 1.807) is 12.4 Å². The van der Waals surface area contributed by atoms with Crippen molar-refractivity contribution in [2.24, 2.45) is 0 Å². The van der Waals surface area contributed by atoms with Crippen LogP contribution in [0.2, 0.25) is 0 Å². The summed E-state index contributed by atoms with van der Waals surface area (Å²) in [7, 11) is 0. The molecule has 1 saturated heterocycles. The van der Waals surface area contributed by atoms with Gasteiger partial charge in [0.25, 0.3) is 5.91 Å². The van der Waals surface area contributed by atoms with Crippen LogP contribution in [0.3, 0.4) is 0 Å². The zero-order valence-corrected chi connectivity index (χ0v) is 14.9. The molecular weight excluding hydrogens is 314 g/mol. The highest BCUT2D eigenvalue weighted by Gasteiger charge is 2.21. The highest BCUT2D eigenvalue weighted by atomic mass is 16.2. The van der Waals surface area contributed by atoms with Gasteiger partial charge in [-0.2, -0.15) is 0 Å². The molecule has 2 aromatic rings. The van der Waals surface area contributed by atoms with E-state index in [0.29, 0.717) is 11.5 Å². The number of anilines is 2. The number of hydrogen-bond donors (Lipinski definition) is 1. The molecule has 1 aromatic heterocycles. The second-order valence-corrected chi connectivity index (χ2v) is 6.20. The lowest BCUT2D eigenvalue weighted by Crippen LogP contribution is -2.48. The minimum absolute atomic E-state index is 0.00889. The van der Waals surface area contributed by atoms with Crippen molar-refractivity contribution in [3.63, 3.8) is 0 Å². The standard InChI is InChI=1S/C19H25N5O/c1-3-15-5-7-17(8-6-15)22-19-20-13-16(14-21-19)18(25)24-11-9-23(4-2)10-12-24/h5-8,13-14H,3-4,9-12H2,1-2H3,(H,20,21,22). The van der Waals surface area contributed by atoms with Gasteiger partial charge in [0.1, 0.15) is 0 Å². The van der Waals surface area contributed by atoms with Crippen molar-refractivity contribution >= 4 is 17.5 Å². The summed E-state index contributed by atoms with van der Waals surface area (Å²) in [4.78, 5) is 25.3. The van der Waals surface area contributed by atoms with Gasteiger partial charge in [0.05, 0.1) is 5.56 Å². The Balaban J connectivity index is 1.60. The van der Waals surface area contributed by atoms with Crippen molar-refractivity contribution in [1.82, 2.24) is 19.8 Å². The summed E-state index contributed by atoms with van der Waals surface area (Å²) in [5.74, 6) is 0.506. The van der Waals surface area contributed by atoms with Crippen LogP contribution in [-0.2, 0) is 6.42 Å². The maximum Gasteiger partial charge on any atom is 0.257 e. The average molecular weight is 339 g/mol. The monoisotopic (exact) mass is 339 g/mol. The van der Waals surface area contributed by atoms with E-state index < -0.39 is 0 Å². The summed E-state index contributed by atoms with van der Waals surface area (Å²) in [5, 5.41) is 3.16. The van der Waals surface area contributed by atoms with Crippen LogP contribution in [0.1, 0.15) is 29.8 Å². The zero-order chi connectivity index (χ0) is 17.6. The Labute approximate surface area is 148 Å². The first-order chi connectivity index (χ1) is 12.2. The smallest absolute Gasteiger partial charge is 0.257 e. The molecule has 1 aromatic carbocycles. The van der Waals surface area contributed by atoms with E-state index in [1.165, 1.54) is 5.56 Å². The fraction of sp³-hybridized carbons (Fsp3) is 0.421. The predicted molar refractivity (Wildman–Crippen MR) is 99.2 cm³/mol. The maximum absolute atomic E-state index is 12.5. The molecule has 1 amide bonds. The first-order valence-electron chi connectivity index (χ1n) is 8.89. The maximum atomic E-state index is 12.5. The van der Waals surface area contributed by atoms with E-state index in [9.17, 15) is 4.79 Å². The summed E-state index contributed by atoms with van der Waals surface area (Å²) in [6.45, 7) is 8.68. The number of benzene rings is 1. The topological polar surface area (TPSA) is 61.4 Å². The molecule has 25 heavy (non-hydrogen) atoms. The fourth-order valence-electron chi connectivity index (χ4n) is 2.91. The van der Waals surface area contributed by atoms with Gasteiger partial charge in [0, 0.05) is 44.3 Å². The summed E-state index contributed by atoms with van der Waals surface area (Å²) in [6, 6.07) is 8.18. The van der Waals surface area contributed by atoms with Crippen LogP contribution in [0.25, 0.3) is 0 Å². The number of hydrogen-bond acceptors (Lipinski definition) is 5. The lowest BCUT2D eigenvalue weighted by molar-refractivity contribution is 0.0642. The molecule has 1 aliphatic rings. The number of carbonyl (C=O) groups is 1. The van der Waals surface area contributed by atoms with Crippen LogP contribution in [-0.4, -0.2) is 58.4 Å². The predicted octanol–water partition coefficient (Wildman–Crippen LogP) is 2.56. The van der Waals surface area contributed by atoms with E-state index in [1.807, 2.05) is 17.0 Å². The Morgan fingerprint density at radius 3 is 2.24 bits per heavy atom. The third kappa shape index (κ3) is 4.33. The van der Waals surface area contributed by atoms with Crippen molar-refractivity contribution in [2.45, 2.75) is 20.3 Å². The third-order valence-corrected chi connectivity index (χ3v) is 4.62. The van der Waals surface area contributed by atoms with Crippen LogP contribution in [0.15, 0.2) is 36.7 Å². The van der Waals surface area contributed by atoms with Crippen molar-refractivity contribution in [2.75, 3.05) is 38.0 Å². The average Bonchev–Trinajstić information content (AvgIpc) is 2.69. The highest BCUT2D eigenvalue weighted by Crippen LogP contribution is 2.15. The molecule has 3 rings (SSSR count). The molecule has 1 aliphatic heterocycles. The van der Waals surface area contributed by atoms with Crippen molar-refractivity contribution in [1.29, 1.82) is 0 Å². The fourth-order valence-corrected chi connectivity index (χ4v) is 2.91. The van der Waals surface area contributed by atoms with E-state index in [-0.39, 0.29) is 5.91 Å². The molecule has 0 radical (unpaired) electrons. The molecule has 6 heteroatoms. The number of likely N-dealkylation sites (N-methyl/N-ethyl adjacent to an activating group) is 1. The van der Waals surface area contributed by atoms with Gasteiger partial charge in [-0.1, -0.05) is 26.0 Å². The first kappa shape index (κ1) is 17.4. The van der Waals surface area contributed by atoms with Gasteiger partial charge >= 0.3 is 0 Å². The summed E-state index contributed by atoms with van der Waals surface area (Å²) in [6.07, 6.45) is 4.22. The van der Waals surface area contributed by atoms with Gasteiger partial charge in [-0.15, -0.1) is 0 Å². The summed E-state index contributed by atoms with van der Waals surface area (Å²) >= 11 is 0. The number of piperazine rings is 1. The Morgan fingerprint density at radius 2 is 1.68 bits per heavy atom. The van der Waals surface area contributed by atoms with Gasteiger partial charge < -0.3 is 15.1 Å². The number of carbonyl (C=O) groups excluding carboxylic acids is 1. The zero-order valence-electron chi connectivity index (χ0n) is 14.9. The summed E-state index contributed by atoms with van der Waals surface area (Å²) in [5.41, 5.74) is 2.76. The number of amides is 1. The second-order valence-electron chi connectivity index (χ2n) is 6.20. The Hall–Kier alpha value is -2.47. The van der Waals surface area contributed by atoms with Crippen LogP contribution < -0.4 is 5.32 Å². The minimum atomic E-state index is 0.00889. The van der Waals surface area contributed by atoms with E-state index in [0.717, 1.165) is 44.8 Å². The second kappa shape index (κ2) is 8.07. The van der Waals surface area contributed by atoms with Gasteiger partial charge in [-0.25, -0.2) is 9.97 Å². The first-order valence-corrected chi connectivity index (χ1v) is 8.89. The Morgan fingerprint density at radius 1 is 1.04 bits per heavy atom. The lowest BCUT2D eigenvalue weighted by atomic mass is 10.1. The van der Waals surface area contributed by atoms with Crippen molar-refractivity contribution in [3.8, 4) is 0 Å². The van der Waals surface area contributed by atoms with Gasteiger partial charge in [0.2, 0.25) is 5.95 Å². The van der Waals surface area contributed by atoms with Gasteiger partial charge in [0.15, 0.2) is 0 Å². The van der Waals surface area contributed by atoms with E-state index in [2.05, 4.69) is 46.2 Å². The normalized spacial score (nSPS) is 15.2. The van der Waals surface area contributed by atoms with Gasteiger partial charge in [-0.3, -0.25) is 4.79 Å². The lowest BCUT2D eigenvalue weighted by Gasteiger charge is -2.33. The molecule has 0 atom stereocenters. The number of nitrogens with one attached hydrogen (secondary N) is 1. The molecular formula is C19H25N5O. The molecule has 0 unspecified atom stereocenters. The van der Waals surface area contributed by atoms with Gasteiger partial charge in [-0.05, 0) is 30.7 Å². The SMILES string of the molecule is CCc1ccc(Nc2ncc(C(=O)N3CCN(CC)CC3)cn2)cc1. The highest BCUT2D eigenvalue weighted by molar-refractivity contribution is 5.93. The quantitative estimate of drug-likeness (QED) is 0.907. The van der Waals surface area contributed by atoms with E-state index >= 15 is 0 Å². The largest absolute Gasteiger partial charge is 0.336 e. The molecule has 1 N–H and O–H groups in total. The number of rotatable bonds is 5. The summed E-state index contributed by atoms with van der Waals surface area (Å²) < 4.78 is 0. The van der Waals surface area contributed by atoms with Crippen LogP contribution in [0.5, 0.6) is 0 Å². The molecule has 0 spiro atoms. The number of nitrogens with zero attached hydrogens (tertiary/aromatic N) is 4. The molecule has 0 bridgehead atoms. The van der Waals surface area contributed by atoms with Crippen LogP contribution >= 0.6 is 0 Å². The Bertz CT molecular complexity index is 691. The van der Waals surface area contributed by atoms with Crippen molar-refractivity contribution in [3.05, 3.63) is 47.8 Å². The molecule has 1 fully saturated rings. The molecule has 0 saturated carbocycles. The van der Waals surface area contributed by atoms with Crippen LogP contribution in [0.4, 0.5) is 11.6 Å². The molecule has 6 nitrogen and oxygen atoms in total. The van der Waals surface area contributed by atoms with E-state index in [4.69, 9.17) is 0 Å².